The molecule has 0 spiro atoms. The van der Waals surface area contributed by atoms with E-state index in [1.807, 2.05) is 0 Å². The molecule has 1 aromatic rings. The van der Waals surface area contributed by atoms with Gasteiger partial charge >= 0.3 is 0 Å². The van der Waals surface area contributed by atoms with Gasteiger partial charge in [-0.15, -0.1) is 11.3 Å². The third kappa shape index (κ3) is 3.85. The van der Waals surface area contributed by atoms with Gasteiger partial charge in [0.1, 0.15) is 0 Å². The molecule has 0 radical (unpaired) electrons. The van der Waals surface area contributed by atoms with Crippen LogP contribution in [-0.4, -0.2) is 6.54 Å². The monoisotopic (exact) mass is 309 g/mol. The first-order valence-corrected chi connectivity index (χ1v) is 5.92. The Morgan fingerprint density at radius 2 is 2.42 bits per heavy atom. The summed E-state index contributed by atoms with van der Waals surface area (Å²) < 4.78 is 2.16. The minimum absolute atomic E-state index is 0.813. The highest BCUT2D eigenvalue weighted by Crippen LogP contribution is 2.20. The maximum absolute atomic E-state index is 3.74. The Balaban J connectivity index is 2.29. The molecule has 0 fully saturated rings. The van der Waals surface area contributed by atoms with E-state index in [4.69, 9.17) is 0 Å². The van der Waals surface area contributed by atoms with Crippen molar-refractivity contribution >= 4 is 43.2 Å². The van der Waals surface area contributed by atoms with Gasteiger partial charge in [0.2, 0.25) is 0 Å². The number of rotatable bonds is 4. The van der Waals surface area contributed by atoms with Gasteiger partial charge in [-0.2, -0.15) is 0 Å². The third-order valence-electron chi connectivity index (χ3n) is 1.27. The minimum atomic E-state index is 0.813. The van der Waals surface area contributed by atoms with E-state index in [2.05, 4.69) is 55.2 Å². The molecule has 0 bridgehead atoms. The second kappa shape index (κ2) is 5.17. The van der Waals surface area contributed by atoms with E-state index in [0.717, 1.165) is 17.6 Å². The first-order chi connectivity index (χ1) is 5.68. The molecule has 66 valence electrons. The lowest BCUT2D eigenvalue weighted by molar-refractivity contribution is 0.759. The predicted octanol–water partition coefficient (Wildman–Crippen LogP) is 3.51. The summed E-state index contributed by atoms with van der Waals surface area (Å²) in [6.45, 7) is 5.45. The Hall–Kier alpha value is 0.360. The van der Waals surface area contributed by atoms with E-state index in [0.29, 0.717) is 0 Å². The standard InChI is InChI=1S/C8H9Br2NS/c1-6(9)3-11-4-7-2-8(10)12-5-7/h2,5,11H,1,3-4H2. The summed E-state index contributed by atoms with van der Waals surface area (Å²) in [5.41, 5.74) is 1.31. The molecule has 1 aromatic heterocycles. The fourth-order valence-corrected chi connectivity index (χ4v) is 2.19. The minimum Gasteiger partial charge on any atom is -0.308 e. The fourth-order valence-electron chi connectivity index (χ4n) is 0.781. The largest absolute Gasteiger partial charge is 0.308 e. The first kappa shape index (κ1) is 10.4. The van der Waals surface area contributed by atoms with Crippen LogP contribution < -0.4 is 5.32 Å². The van der Waals surface area contributed by atoms with Crippen LogP contribution in [0.5, 0.6) is 0 Å². The average Bonchev–Trinajstić information content (AvgIpc) is 2.35. The van der Waals surface area contributed by atoms with Crippen LogP contribution in [-0.2, 0) is 6.54 Å². The van der Waals surface area contributed by atoms with Crippen molar-refractivity contribution in [3.05, 3.63) is 31.9 Å². The molecule has 1 nitrogen and oxygen atoms in total. The van der Waals surface area contributed by atoms with Crippen molar-refractivity contribution in [1.29, 1.82) is 0 Å². The number of hydrogen-bond acceptors (Lipinski definition) is 2. The Labute approximate surface area is 93.1 Å². The summed E-state index contributed by atoms with van der Waals surface area (Å²) in [7, 11) is 0. The maximum Gasteiger partial charge on any atom is 0.0701 e. The van der Waals surface area contributed by atoms with Gasteiger partial charge in [-0.05, 0) is 32.9 Å². The van der Waals surface area contributed by atoms with Gasteiger partial charge in [0.15, 0.2) is 0 Å². The van der Waals surface area contributed by atoms with Crippen molar-refractivity contribution in [1.82, 2.24) is 5.32 Å². The molecule has 1 N–H and O–H groups in total. The zero-order chi connectivity index (χ0) is 8.97. The Morgan fingerprint density at radius 3 is 2.92 bits per heavy atom. The molecule has 1 rings (SSSR count). The van der Waals surface area contributed by atoms with Gasteiger partial charge in [0.05, 0.1) is 3.79 Å². The van der Waals surface area contributed by atoms with Gasteiger partial charge in [-0.25, -0.2) is 0 Å². The van der Waals surface area contributed by atoms with Gasteiger partial charge in [-0.1, -0.05) is 22.5 Å². The van der Waals surface area contributed by atoms with Crippen LogP contribution >= 0.6 is 43.2 Å². The summed E-state index contributed by atoms with van der Waals surface area (Å²) in [5, 5.41) is 5.39. The summed E-state index contributed by atoms with van der Waals surface area (Å²) in [5.74, 6) is 0. The molecule has 4 heteroatoms. The lowest BCUT2D eigenvalue weighted by atomic mass is 10.3. The predicted molar refractivity (Wildman–Crippen MR) is 61.8 cm³/mol. The van der Waals surface area contributed by atoms with Crippen molar-refractivity contribution in [3.8, 4) is 0 Å². The van der Waals surface area contributed by atoms with E-state index in [9.17, 15) is 0 Å². The quantitative estimate of drug-likeness (QED) is 0.897. The molecule has 0 atom stereocenters. The smallest absolute Gasteiger partial charge is 0.0701 e. The molecule has 0 saturated heterocycles. The van der Waals surface area contributed by atoms with Crippen molar-refractivity contribution in [2.45, 2.75) is 6.54 Å². The van der Waals surface area contributed by atoms with Crippen molar-refractivity contribution in [3.63, 3.8) is 0 Å². The van der Waals surface area contributed by atoms with Crippen molar-refractivity contribution in [2.75, 3.05) is 6.54 Å². The molecule has 0 aliphatic carbocycles. The number of nitrogens with one attached hydrogen (secondary N) is 1. The summed E-state index contributed by atoms with van der Waals surface area (Å²) in [6.07, 6.45) is 0. The molecule has 0 aliphatic rings. The zero-order valence-corrected chi connectivity index (χ0v) is 10.4. The van der Waals surface area contributed by atoms with Crippen LogP contribution in [0.3, 0.4) is 0 Å². The molecule has 0 unspecified atom stereocenters. The van der Waals surface area contributed by atoms with Gasteiger partial charge < -0.3 is 5.32 Å². The fraction of sp³-hybridized carbons (Fsp3) is 0.250. The molecule has 0 aromatic carbocycles. The molecule has 12 heavy (non-hydrogen) atoms. The number of halogens is 2. The zero-order valence-electron chi connectivity index (χ0n) is 6.44. The van der Waals surface area contributed by atoms with Gasteiger partial charge in [0.25, 0.3) is 0 Å². The lowest BCUT2D eigenvalue weighted by Gasteiger charge is -1.99. The highest BCUT2D eigenvalue weighted by molar-refractivity contribution is 9.11. The van der Waals surface area contributed by atoms with Crippen LogP contribution in [0.15, 0.2) is 26.3 Å². The molecule has 0 saturated carbocycles. The Morgan fingerprint density at radius 1 is 1.67 bits per heavy atom. The maximum atomic E-state index is 3.74. The molecular weight excluding hydrogens is 302 g/mol. The summed E-state index contributed by atoms with van der Waals surface area (Å²) in [4.78, 5) is 0. The second-order valence-electron chi connectivity index (χ2n) is 2.38. The highest BCUT2D eigenvalue weighted by Gasteiger charge is 1.96. The van der Waals surface area contributed by atoms with Crippen LogP contribution in [0.4, 0.5) is 0 Å². The Kier molecular flexibility index (Phi) is 4.50. The van der Waals surface area contributed by atoms with Crippen LogP contribution in [0.2, 0.25) is 0 Å². The molecule has 0 amide bonds. The van der Waals surface area contributed by atoms with E-state index in [-0.39, 0.29) is 0 Å². The molecule has 1 heterocycles. The third-order valence-corrected chi connectivity index (χ3v) is 3.10. The van der Waals surface area contributed by atoms with Crippen LogP contribution in [0.25, 0.3) is 0 Å². The van der Waals surface area contributed by atoms with Crippen molar-refractivity contribution < 1.29 is 0 Å². The first-order valence-electron chi connectivity index (χ1n) is 3.45. The van der Waals surface area contributed by atoms with Crippen LogP contribution in [0, 0.1) is 0 Å². The summed E-state index contributed by atoms with van der Waals surface area (Å²) in [6, 6.07) is 2.12. The lowest BCUT2D eigenvalue weighted by Crippen LogP contribution is -2.13. The average molecular weight is 311 g/mol. The normalized spacial score (nSPS) is 10.2. The number of hydrogen-bond donors (Lipinski definition) is 1. The van der Waals surface area contributed by atoms with E-state index in [1.165, 1.54) is 9.35 Å². The highest BCUT2D eigenvalue weighted by atomic mass is 79.9. The second-order valence-corrected chi connectivity index (χ2v) is 5.79. The molecule has 0 aliphatic heterocycles. The number of thiophene rings is 1. The molecular formula is C8H9Br2NS. The van der Waals surface area contributed by atoms with Gasteiger partial charge in [-0.3, -0.25) is 0 Å². The van der Waals surface area contributed by atoms with E-state index in [1.54, 1.807) is 11.3 Å². The van der Waals surface area contributed by atoms with Crippen molar-refractivity contribution in [2.24, 2.45) is 0 Å². The SMILES string of the molecule is C=C(Br)CNCc1csc(Br)c1. The van der Waals surface area contributed by atoms with Crippen LogP contribution in [0.1, 0.15) is 5.56 Å². The Bertz CT molecular complexity index is 270. The summed E-state index contributed by atoms with van der Waals surface area (Å²) >= 11 is 8.41. The van der Waals surface area contributed by atoms with Gasteiger partial charge in [0, 0.05) is 17.6 Å². The van der Waals surface area contributed by atoms with E-state index < -0.39 is 0 Å². The topological polar surface area (TPSA) is 12.0 Å². The van der Waals surface area contributed by atoms with E-state index >= 15 is 0 Å².